The molecule has 0 saturated carbocycles. The van der Waals surface area contributed by atoms with E-state index in [0.717, 1.165) is 11.1 Å². The molecule has 0 bridgehead atoms. The van der Waals surface area contributed by atoms with Gasteiger partial charge in [-0.25, -0.2) is 9.59 Å². The van der Waals surface area contributed by atoms with Crippen molar-refractivity contribution in [2.45, 2.75) is 25.4 Å². The third kappa shape index (κ3) is 4.77. The number of hydrogen-bond donors (Lipinski definition) is 0. The second-order valence-electron chi connectivity index (χ2n) is 6.42. The van der Waals surface area contributed by atoms with Crippen LogP contribution < -0.4 is 0 Å². The summed E-state index contributed by atoms with van der Waals surface area (Å²) in [5.41, 5.74) is 2.63. The SMILES string of the molecule is C=C(/C=C\C(=C/C)C(=O)OC)[C@H]1c2ccccc2C[C@H](C(=O)OC)N1C(=O)CCl. The standard InChI is InChI=1S/C22H24ClNO5/c1-5-15(21(26)28-3)11-10-14(2)20-17-9-7-6-8-16(17)12-18(22(27)29-4)24(20)19(25)13-23/h5-11,18,20H,2,12-13H2,1,3-4H3/b11-10-,15-5+/t18-,20+/m1/s1. The first-order chi connectivity index (χ1) is 13.9. The number of nitrogens with zero attached hydrogens (tertiary/aromatic N) is 1. The monoisotopic (exact) mass is 417 g/mol. The molecule has 154 valence electrons. The van der Waals surface area contributed by atoms with Gasteiger partial charge >= 0.3 is 11.9 Å². The van der Waals surface area contributed by atoms with Gasteiger partial charge in [0.05, 0.1) is 25.8 Å². The van der Waals surface area contributed by atoms with Crippen molar-refractivity contribution in [3.63, 3.8) is 0 Å². The van der Waals surface area contributed by atoms with Gasteiger partial charge in [0, 0.05) is 6.42 Å². The van der Waals surface area contributed by atoms with E-state index in [-0.39, 0.29) is 5.88 Å². The highest BCUT2D eigenvalue weighted by Crippen LogP contribution is 2.38. The van der Waals surface area contributed by atoms with Crippen LogP contribution in [0, 0.1) is 0 Å². The molecule has 0 aromatic heterocycles. The number of halogens is 1. The van der Waals surface area contributed by atoms with E-state index < -0.39 is 29.9 Å². The lowest BCUT2D eigenvalue weighted by Gasteiger charge is -2.42. The lowest BCUT2D eigenvalue weighted by Crippen LogP contribution is -2.52. The summed E-state index contributed by atoms with van der Waals surface area (Å²) in [5, 5.41) is 0. The quantitative estimate of drug-likeness (QED) is 0.308. The summed E-state index contributed by atoms with van der Waals surface area (Å²) < 4.78 is 9.67. The Bertz CT molecular complexity index is 874. The highest BCUT2D eigenvalue weighted by atomic mass is 35.5. The van der Waals surface area contributed by atoms with Gasteiger partial charge in [-0.05, 0) is 29.7 Å². The number of alkyl halides is 1. The molecule has 29 heavy (non-hydrogen) atoms. The normalized spacial score (nSPS) is 18.9. The number of amides is 1. The molecule has 0 radical (unpaired) electrons. The van der Waals surface area contributed by atoms with Crippen LogP contribution in [0.15, 0.2) is 60.2 Å². The maximum atomic E-state index is 12.7. The van der Waals surface area contributed by atoms with Crippen LogP contribution in [0.1, 0.15) is 24.1 Å². The van der Waals surface area contributed by atoms with Crippen LogP contribution in [0.3, 0.4) is 0 Å². The van der Waals surface area contributed by atoms with Crippen molar-refractivity contribution < 1.29 is 23.9 Å². The van der Waals surface area contributed by atoms with Crippen LogP contribution in [-0.4, -0.2) is 48.9 Å². The summed E-state index contributed by atoms with van der Waals surface area (Å²) in [6.45, 7) is 5.81. The smallest absolute Gasteiger partial charge is 0.337 e. The number of carbonyl (C=O) groups excluding carboxylic acids is 3. The number of carbonyl (C=O) groups is 3. The Hall–Kier alpha value is -2.86. The summed E-state index contributed by atoms with van der Waals surface area (Å²) >= 11 is 5.84. The van der Waals surface area contributed by atoms with Crippen molar-refractivity contribution in [3.8, 4) is 0 Å². The van der Waals surface area contributed by atoms with Crippen molar-refractivity contribution in [1.82, 2.24) is 4.90 Å². The lowest BCUT2D eigenvalue weighted by molar-refractivity contribution is -0.154. The molecule has 6 nitrogen and oxygen atoms in total. The topological polar surface area (TPSA) is 72.9 Å². The molecular formula is C22H24ClNO5. The van der Waals surface area contributed by atoms with Crippen molar-refractivity contribution in [3.05, 3.63) is 71.3 Å². The predicted molar refractivity (Wildman–Crippen MR) is 110 cm³/mol. The van der Waals surface area contributed by atoms with Crippen LogP contribution in [0.25, 0.3) is 0 Å². The Morgan fingerprint density at radius 1 is 1.21 bits per heavy atom. The number of methoxy groups -OCH3 is 2. The van der Waals surface area contributed by atoms with Crippen LogP contribution in [0.4, 0.5) is 0 Å². The van der Waals surface area contributed by atoms with E-state index in [9.17, 15) is 14.4 Å². The fraction of sp³-hybridized carbons (Fsp3) is 0.318. The first-order valence-corrected chi connectivity index (χ1v) is 9.57. The Morgan fingerprint density at radius 2 is 1.90 bits per heavy atom. The molecule has 2 atom stereocenters. The Kier molecular flexibility index (Phi) is 7.79. The molecule has 0 unspecified atom stereocenters. The van der Waals surface area contributed by atoms with E-state index in [4.69, 9.17) is 21.1 Å². The molecule has 1 amide bonds. The number of hydrogen-bond acceptors (Lipinski definition) is 5. The van der Waals surface area contributed by atoms with E-state index >= 15 is 0 Å². The Labute approximate surface area is 175 Å². The van der Waals surface area contributed by atoms with Gasteiger partial charge in [-0.15, -0.1) is 11.6 Å². The van der Waals surface area contributed by atoms with Gasteiger partial charge in [0.1, 0.15) is 11.9 Å². The number of benzene rings is 1. The predicted octanol–water partition coefficient (Wildman–Crippen LogP) is 3.12. The average molecular weight is 418 g/mol. The molecule has 1 aromatic carbocycles. The molecular weight excluding hydrogens is 394 g/mol. The van der Waals surface area contributed by atoms with Crippen molar-refractivity contribution in [2.24, 2.45) is 0 Å². The fourth-order valence-electron chi connectivity index (χ4n) is 3.41. The van der Waals surface area contributed by atoms with E-state index in [1.54, 1.807) is 25.2 Å². The number of esters is 2. The molecule has 2 rings (SSSR count). The molecule has 0 spiro atoms. The second kappa shape index (κ2) is 10.1. The Balaban J connectivity index is 2.53. The first kappa shape index (κ1) is 22.4. The molecule has 1 aliphatic rings. The van der Waals surface area contributed by atoms with Crippen LogP contribution in [-0.2, 0) is 30.3 Å². The number of fused-ring (bicyclic) bond motifs is 1. The van der Waals surface area contributed by atoms with E-state index in [2.05, 4.69) is 6.58 Å². The first-order valence-electron chi connectivity index (χ1n) is 9.03. The van der Waals surface area contributed by atoms with Crippen LogP contribution in [0.5, 0.6) is 0 Å². The molecule has 1 heterocycles. The van der Waals surface area contributed by atoms with E-state index in [1.165, 1.54) is 19.1 Å². The summed E-state index contributed by atoms with van der Waals surface area (Å²) in [4.78, 5) is 38.4. The zero-order valence-corrected chi connectivity index (χ0v) is 17.4. The van der Waals surface area contributed by atoms with Crippen molar-refractivity contribution in [1.29, 1.82) is 0 Å². The summed E-state index contributed by atoms with van der Waals surface area (Å²) in [7, 11) is 2.58. The molecule has 0 fully saturated rings. The zero-order chi connectivity index (χ0) is 21.6. The maximum Gasteiger partial charge on any atom is 0.337 e. The molecule has 0 N–H and O–H groups in total. The van der Waals surface area contributed by atoms with Crippen molar-refractivity contribution >= 4 is 29.4 Å². The van der Waals surface area contributed by atoms with Gasteiger partial charge < -0.3 is 14.4 Å². The highest BCUT2D eigenvalue weighted by molar-refractivity contribution is 6.27. The van der Waals surface area contributed by atoms with Gasteiger partial charge in [-0.3, -0.25) is 4.79 Å². The second-order valence-corrected chi connectivity index (χ2v) is 6.69. The molecule has 0 aliphatic carbocycles. The van der Waals surface area contributed by atoms with Crippen molar-refractivity contribution in [2.75, 3.05) is 20.1 Å². The number of rotatable bonds is 6. The van der Waals surface area contributed by atoms with Crippen LogP contribution in [0.2, 0.25) is 0 Å². The van der Waals surface area contributed by atoms with Gasteiger partial charge in [0.2, 0.25) is 5.91 Å². The van der Waals surface area contributed by atoms with Gasteiger partial charge in [0.15, 0.2) is 0 Å². The minimum Gasteiger partial charge on any atom is -0.467 e. The van der Waals surface area contributed by atoms with Gasteiger partial charge in [-0.1, -0.05) is 43.0 Å². The zero-order valence-electron chi connectivity index (χ0n) is 16.7. The van der Waals surface area contributed by atoms with E-state index in [1.807, 2.05) is 24.3 Å². The van der Waals surface area contributed by atoms with Crippen LogP contribution >= 0.6 is 11.6 Å². The molecule has 0 saturated heterocycles. The van der Waals surface area contributed by atoms with Gasteiger partial charge in [0.25, 0.3) is 0 Å². The third-order valence-electron chi connectivity index (χ3n) is 4.81. The third-order valence-corrected chi connectivity index (χ3v) is 5.04. The summed E-state index contributed by atoms with van der Waals surface area (Å²) in [5.74, 6) is -1.70. The molecule has 1 aromatic rings. The maximum absolute atomic E-state index is 12.7. The molecule has 7 heteroatoms. The summed E-state index contributed by atoms with van der Waals surface area (Å²) in [6.07, 6.45) is 5.15. The largest absolute Gasteiger partial charge is 0.467 e. The highest BCUT2D eigenvalue weighted by Gasteiger charge is 2.41. The number of ether oxygens (including phenoxy) is 2. The fourth-order valence-corrected chi connectivity index (χ4v) is 3.55. The minimum atomic E-state index is -0.821. The Morgan fingerprint density at radius 3 is 2.48 bits per heavy atom. The summed E-state index contributed by atoms with van der Waals surface area (Å²) in [6, 6.07) is 6.08. The van der Waals surface area contributed by atoms with E-state index in [0.29, 0.717) is 17.6 Å². The average Bonchev–Trinajstić information content (AvgIpc) is 2.76. The van der Waals surface area contributed by atoms with Gasteiger partial charge in [-0.2, -0.15) is 0 Å². The minimum absolute atomic E-state index is 0.286. The molecule has 1 aliphatic heterocycles. The lowest BCUT2D eigenvalue weighted by atomic mass is 9.84. The number of allylic oxidation sites excluding steroid dienone is 1.